The van der Waals surface area contributed by atoms with Crippen molar-refractivity contribution in [3.63, 3.8) is 0 Å². The van der Waals surface area contributed by atoms with E-state index in [0.29, 0.717) is 5.69 Å². The standard InChI is InChI=1S/C16H25N2O2/c1-10(2)13-8-12(9-16(5,6)7)17-14(11(3)4)15(13)18(19)20/h8-11H,1-7H3. The molecular weight excluding hydrogens is 252 g/mol. The van der Waals surface area contributed by atoms with Gasteiger partial charge in [0.05, 0.1) is 4.92 Å². The van der Waals surface area contributed by atoms with Gasteiger partial charge in [0.25, 0.3) is 5.69 Å². The van der Waals surface area contributed by atoms with Crippen LogP contribution < -0.4 is 0 Å². The number of rotatable bonds is 4. The zero-order valence-electron chi connectivity index (χ0n) is 13.5. The van der Waals surface area contributed by atoms with Crippen LogP contribution in [-0.2, 0) is 0 Å². The van der Waals surface area contributed by atoms with Crippen molar-refractivity contribution in [2.75, 3.05) is 0 Å². The molecule has 0 N–H and O–H groups in total. The molecule has 0 aliphatic carbocycles. The average Bonchev–Trinajstić information content (AvgIpc) is 2.24. The van der Waals surface area contributed by atoms with Gasteiger partial charge in [-0.3, -0.25) is 15.1 Å². The summed E-state index contributed by atoms with van der Waals surface area (Å²) < 4.78 is 0. The Morgan fingerprint density at radius 2 is 1.75 bits per heavy atom. The molecule has 0 spiro atoms. The van der Waals surface area contributed by atoms with Gasteiger partial charge in [0.15, 0.2) is 0 Å². The summed E-state index contributed by atoms with van der Waals surface area (Å²) in [4.78, 5) is 15.6. The van der Waals surface area contributed by atoms with Crippen LogP contribution in [0.3, 0.4) is 0 Å². The molecule has 1 radical (unpaired) electrons. The predicted molar refractivity (Wildman–Crippen MR) is 81.9 cm³/mol. The highest BCUT2D eigenvalue weighted by Crippen LogP contribution is 2.35. The number of nitro groups is 1. The lowest BCUT2D eigenvalue weighted by atomic mass is 9.88. The molecule has 0 saturated carbocycles. The molecule has 0 atom stereocenters. The molecular formula is C16H25N2O2. The summed E-state index contributed by atoms with van der Waals surface area (Å²) in [7, 11) is 0. The minimum absolute atomic E-state index is 0.00830. The van der Waals surface area contributed by atoms with Crippen molar-refractivity contribution in [1.29, 1.82) is 0 Å². The summed E-state index contributed by atoms with van der Waals surface area (Å²) >= 11 is 0. The van der Waals surface area contributed by atoms with E-state index in [1.54, 1.807) is 0 Å². The van der Waals surface area contributed by atoms with Gasteiger partial charge in [-0.25, -0.2) is 0 Å². The maximum atomic E-state index is 11.4. The van der Waals surface area contributed by atoms with Crippen LogP contribution in [0.1, 0.15) is 77.3 Å². The molecule has 111 valence electrons. The first-order valence-corrected chi connectivity index (χ1v) is 7.08. The Hall–Kier alpha value is -1.45. The van der Waals surface area contributed by atoms with Crippen LogP contribution in [0, 0.1) is 22.0 Å². The number of hydrogen-bond donors (Lipinski definition) is 0. The molecule has 1 heterocycles. The smallest absolute Gasteiger partial charge is 0.258 e. The SMILES string of the molecule is CC(C)c1cc([CH]C(C)(C)C)nc(C(C)C)c1[N+](=O)[O-]. The molecule has 0 saturated heterocycles. The second-order valence-electron chi connectivity index (χ2n) is 6.95. The summed E-state index contributed by atoms with van der Waals surface area (Å²) in [5.74, 6) is 0.129. The lowest BCUT2D eigenvalue weighted by Crippen LogP contribution is -2.12. The van der Waals surface area contributed by atoms with Crippen LogP contribution in [-0.4, -0.2) is 9.91 Å². The molecule has 0 aliphatic rings. The fraction of sp³-hybridized carbons (Fsp3) is 0.625. The van der Waals surface area contributed by atoms with Crippen molar-refractivity contribution in [3.8, 4) is 0 Å². The Labute approximate surface area is 121 Å². The number of nitrogens with zero attached hydrogens (tertiary/aromatic N) is 2. The van der Waals surface area contributed by atoms with Gasteiger partial charge in [-0.15, -0.1) is 0 Å². The van der Waals surface area contributed by atoms with Gasteiger partial charge in [0.1, 0.15) is 5.69 Å². The monoisotopic (exact) mass is 277 g/mol. The second kappa shape index (κ2) is 5.90. The second-order valence-corrected chi connectivity index (χ2v) is 6.95. The largest absolute Gasteiger partial charge is 0.294 e. The molecule has 0 amide bonds. The maximum Gasteiger partial charge on any atom is 0.294 e. The number of hydrogen-bond acceptors (Lipinski definition) is 3. The molecule has 0 bridgehead atoms. The van der Waals surface area contributed by atoms with E-state index >= 15 is 0 Å². The Kier molecular flexibility index (Phi) is 4.90. The molecule has 1 rings (SSSR count). The number of aromatic nitrogens is 1. The van der Waals surface area contributed by atoms with Crippen molar-refractivity contribution in [1.82, 2.24) is 4.98 Å². The summed E-state index contributed by atoms with van der Waals surface area (Å²) in [5, 5.41) is 11.4. The van der Waals surface area contributed by atoms with E-state index < -0.39 is 0 Å². The lowest BCUT2D eigenvalue weighted by molar-refractivity contribution is -0.386. The minimum atomic E-state index is -0.293. The molecule has 0 unspecified atom stereocenters. The van der Waals surface area contributed by atoms with Crippen molar-refractivity contribution < 1.29 is 4.92 Å². The normalized spacial score (nSPS) is 12.2. The van der Waals surface area contributed by atoms with Gasteiger partial charge in [0, 0.05) is 23.6 Å². The van der Waals surface area contributed by atoms with Crippen molar-refractivity contribution in [3.05, 3.63) is 39.6 Å². The van der Waals surface area contributed by atoms with Gasteiger partial charge < -0.3 is 0 Å². The topological polar surface area (TPSA) is 56.0 Å². The molecule has 1 aromatic heterocycles. The van der Waals surface area contributed by atoms with Crippen LogP contribution in [0.2, 0.25) is 0 Å². The van der Waals surface area contributed by atoms with E-state index in [2.05, 4.69) is 32.2 Å². The minimum Gasteiger partial charge on any atom is -0.258 e. The van der Waals surface area contributed by atoms with E-state index in [1.807, 2.05) is 33.8 Å². The van der Waals surface area contributed by atoms with Crippen molar-refractivity contribution in [2.24, 2.45) is 5.41 Å². The number of pyridine rings is 1. The van der Waals surface area contributed by atoms with Gasteiger partial charge in [-0.1, -0.05) is 48.5 Å². The lowest BCUT2D eigenvalue weighted by Gasteiger charge is -2.20. The zero-order valence-corrected chi connectivity index (χ0v) is 13.5. The third kappa shape index (κ3) is 4.02. The molecule has 4 heteroatoms. The van der Waals surface area contributed by atoms with Gasteiger partial charge in [0.2, 0.25) is 0 Å². The zero-order chi connectivity index (χ0) is 15.7. The fourth-order valence-corrected chi connectivity index (χ4v) is 2.16. The first-order chi connectivity index (χ1) is 9.03. The Bertz CT molecular complexity index is 471. The van der Waals surface area contributed by atoms with Gasteiger partial charge in [-0.2, -0.15) is 0 Å². The average molecular weight is 277 g/mol. The van der Waals surface area contributed by atoms with Crippen LogP contribution in [0.5, 0.6) is 0 Å². The van der Waals surface area contributed by atoms with E-state index in [0.717, 1.165) is 11.3 Å². The van der Waals surface area contributed by atoms with E-state index in [4.69, 9.17) is 0 Å². The summed E-state index contributed by atoms with van der Waals surface area (Å²) in [5.41, 5.74) is 2.35. The molecule has 20 heavy (non-hydrogen) atoms. The van der Waals surface area contributed by atoms with Crippen molar-refractivity contribution >= 4 is 5.69 Å². The molecule has 1 aromatic rings. The van der Waals surface area contributed by atoms with Crippen LogP contribution in [0.4, 0.5) is 5.69 Å². The Balaban J connectivity index is 3.50. The third-order valence-electron chi connectivity index (χ3n) is 3.00. The third-order valence-corrected chi connectivity index (χ3v) is 3.00. The van der Waals surface area contributed by atoms with E-state index in [-0.39, 0.29) is 27.9 Å². The Morgan fingerprint density at radius 3 is 2.10 bits per heavy atom. The Morgan fingerprint density at radius 1 is 1.20 bits per heavy atom. The molecule has 4 nitrogen and oxygen atoms in total. The molecule has 0 aromatic carbocycles. The predicted octanol–water partition coefficient (Wildman–Crippen LogP) is 4.84. The highest BCUT2D eigenvalue weighted by Gasteiger charge is 2.27. The van der Waals surface area contributed by atoms with Gasteiger partial charge >= 0.3 is 0 Å². The van der Waals surface area contributed by atoms with E-state index in [1.165, 1.54) is 0 Å². The fourth-order valence-electron chi connectivity index (χ4n) is 2.16. The summed E-state index contributed by atoms with van der Waals surface area (Å²) in [6.45, 7) is 14.1. The summed E-state index contributed by atoms with van der Waals surface area (Å²) in [6.07, 6.45) is 2.06. The highest BCUT2D eigenvalue weighted by atomic mass is 16.6. The van der Waals surface area contributed by atoms with Crippen LogP contribution >= 0.6 is 0 Å². The quantitative estimate of drug-likeness (QED) is 0.584. The van der Waals surface area contributed by atoms with E-state index in [9.17, 15) is 10.1 Å². The molecule has 0 aliphatic heterocycles. The van der Waals surface area contributed by atoms with Gasteiger partial charge in [-0.05, 0) is 17.4 Å². The first kappa shape index (κ1) is 16.6. The van der Waals surface area contributed by atoms with Crippen LogP contribution in [0.15, 0.2) is 6.07 Å². The maximum absolute atomic E-state index is 11.4. The molecule has 0 fully saturated rings. The van der Waals surface area contributed by atoms with Crippen molar-refractivity contribution in [2.45, 2.75) is 60.3 Å². The first-order valence-electron chi connectivity index (χ1n) is 7.08. The summed E-state index contributed by atoms with van der Waals surface area (Å²) in [6, 6.07) is 1.86. The van der Waals surface area contributed by atoms with Crippen LogP contribution in [0.25, 0.3) is 0 Å². The highest BCUT2D eigenvalue weighted by molar-refractivity contribution is 5.49.